The topological polar surface area (TPSA) is 41.6 Å². The summed E-state index contributed by atoms with van der Waals surface area (Å²) in [6.45, 7) is 2.73. The first-order valence-electron chi connectivity index (χ1n) is 4.37. The lowest BCUT2D eigenvalue weighted by atomic mass is 10.2. The molecule has 11 heavy (non-hydrogen) atoms. The van der Waals surface area contributed by atoms with E-state index in [9.17, 15) is 0 Å². The van der Waals surface area contributed by atoms with Crippen molar-refractivity contribution in [3.63, 3.8) is 0 Å². The van der Waals surface area contributed by atoms with E-state index in [4.69, 9.17) is 5.73 Å². The van der Waals surface area contributed by atoms with E-state index >= 15 is 0 Å². The monoisotopic (exact) mass is 155 g/mol. The molecule has 1 saturated heterocycles. The van der Waals surface area contributed by atoms with Crippen molar-refractivity contribution in [2.75, 3.05) is 19.8 Å². The van der Waals surface area contributed by atoms with Crippen molar-refractivity contribution in [3.8, 4) is 0 Å². The molecule has 1 rings (SSSR count). The Bertz CT molecular complexity index is 115. The molecule has 0 bridgehead atoms. The van der Waals surface area contributed by atoms with E-state index < -0.39 is 0 Å². The Kier molecular flexibility index (Phi) is 3.98. The molecule has 0 radical (unpaired) electrons. The lowest BCUT2D eigenvalue weighted by Crippen LogP contribution is -2.23. The highest BCUT2D eigenvalue weighted by atomic mass is 15.1. The van der Waals surface area contributed by atoms with Gasteiger partial charge in [-0.2, -0.15) is 0 Å². The zero-order chi connectivity index (χ0) is 7.94. The number of hydrogen-bond acceptors (Lipinski definition) is 2. The predicted octanol–water partition coefficient (Wildman–Crippen LogP) is 0.807. The van der Waals surface area contributed by atoms with Crippen molar-refractivity contribution in [2.45, 2.75) is 25.7 Å². The lowest BCUT2D eigenvalue weighted by Gasteiger charge is -2.15. The molecule has 1 aliphatic heterocycles. The summed E-state index contributed by atoms with van der Waals surface area (Å²) in [4.78, 5) is 6.28. The maximum Gasteiger partial charge on any atom is 0.0876 e. The third-order valence-corrected chi connectivity index (χ3v) is 1.99. The summed E-state index contributed by atoms with van der Waals surface area (Å²) in [6.07, 6.45) is 7.23. The molecule has 0 aliphatic carbocycles. The lowest BCUT2D eigenvalue weighted by molar-refractivity contribution is 0.446. The van der Waals surface area contributed by atoms with E-state index in [1.807, 2.05) is 6.34 Å². The van der Waals surface area contributed by atoms with E-state index in [-0.39, 0.29) is 0 Å². The summed E-state index contributed by atoms with van der Waals surface area (Å²) in [5, 5.41) is 0. The number of hydrogen-bond donors (Lipinski definition) is 1. The van der Waals surface area contributed by atoms with Crippen LogP contribution in [0.5, 0.6) is 0 Å². The average molecular weight is 155 g/mol. The Morgan fingerprint density at radius 3 is 2.36 bits per heavy atom. The smallest absolute Gasteiger partial charge is 0.0876 e. The third kappa shape index (κ3) is 3.37. The summed E-state index contributed by atoms with van der Waals surface area (Å²) in [5.74, 6) is 0. The van der Waals surface area contributed by atoms with Gasteiger partial charge in [-0.15, -0.1) is 0 Å². The maximum absolute atomic E-state index is 5.26. The highest BCUT2D eigenvalue weighted by Crippen LogP contribution is 2.07. The Morgan fingerprint density at radius 1 is 1.18 bits per heavy atom. The second-order valence-electron chi connectivity index (χ2n) is 2.93. The molecule has 1 fully saturated rings. The van der Waals surface area contributed by atoms with Crippen LogP contribution >= 0.6 is 0 Å². The molecular weight excluding hydrogens is 138 g/mol. The summed E-state index contributed by atoms with van der Waals surface area (Å²) < 4.78 is 0. The number of nitrogens with two attached hydrogens (primary N) is 1. The molecule has 0 saturated carbocycles. The van der Waals surface area contributed by atoms with Gasteiger partial charge in [0.1, 0.15) is 0 Å². The van der Waals surface area contributed by atoms with Crippen LogP contribution in [0.2, 0.25) is 0 Å². The van der Waals surface area contributed by atoms with Crippen molar-refractivity contribution >= 4 is 6.34 Å². The Balaban J connectivity index is 2.25. The van der Waals surface area contributed by atoms with E-state index in [0.717, 1.165) is 13.1 Å². The van der Waals surface area contributed by atoms with Gasteiger partial charge in [-0.3, -0.25) is 4.99 Å². The highest BCUT2D eigenvalue weighted by Gasteiger charge is 2.03. The number of aliphatic imine (C=N–C) groups is 1. The second-order valence-corrected chi connectivity index (χ2v) is 2.93. The fraction of sp³-hybridized carbons (Fsp3) is 0.875. The minimum absolute atomic E-state index is 0.413. The predicted molar refractivity (Wildman–Crippen MR) is 47.6 cm³/mol. The molecule has 2 N–H and O–H groups in total. The molecule has 0 spiro atoms. The second kappa shape index (κ2) is 5.13. The molecular formula is C8H17N3. The molecule has 0 aromatic carbocycles. The van der Waals surface area contributed by atoms with E-state index in [1.165, 1.54) is 25.7 Å². The SMILES string of the molecule is NC/N=C/N1CCCCCC1. The van der Waals surface area contributed by atoms with E-state index in [0.29, 0.717) is 6.67 Å². The average Bonchev–Trinajstić information content (AvgIpc) is 2.28. The molecule has 0 unspecified atom stereocenters. The molecule has 1 aliphatic rings. The van der Waals surface area contributed by atoms with Crippen molar-refractivity contribution in [1.29, 1.82) is 0 Å². The van der Waals surface area contributed by atoms with Crippen LogP contribution < -0.4 is 5.73 Å². The first kappa shape index (κ1) is 8.53. The summed E-state index contributed by atoms with van der Waals surface area (Å²) in [5.41, 5.74) is 5.26. The van der Waals surface area contributed by atoms with Crippen molar-refractivity contribution < 1.29 is 0 Å². The van der Waals surface area contributed by atoms with Crippen LogP contribution in [0.1, 0.15) is 25.7 Å². The number of likely N-dealkylation sites (tertiary alicyclic amines) is 1. The van der Waals surface area contributed by atoms with Crippen molar-refractivity contribution in [1.82, 2.24) is 4.90 Å². The Morgan fingerprint density at radius 2 is 1.82 bits per heavy atom. The quantitative estimate of drug-likeness (QED) is 0.473. The van der Waals surface area contributed by atoms with Gasteiger partial charge in [0.15, 0.2) is 0 Å². The van der Waals surface area contributed by atoms with Gasteiger partial charge in [-0.1, -0.05) is 12.8 Å². The normalized spacial score (nSPS) is 20.6. The molecule has 0 amide bonds. The van der Waals surface area contributed by atoms with Gasteiger partial charge < -0.3 is 10.6 Å². The van der Waals surface area contributed by atoms with Crippen LogP contribution in [-0.2, 0) is 0 Å². The van der Waals surface area contributed by atoms with E-state index in [2.05, 4.69) is 9.89 Å². The van der Waals surface area contributed by atoms with Gasteiger partial charge in [-0.25, -0.2) is 0 Å². The Labute approximate surface area is 68.3 Å². The molecule has 1 heterocycles. The van der Waals surface area contributed by atoms with Gasteiger partial charge in [-0.05, 0) is 12.8 Å². The third-order valence-electron chi connectivity index (χ3n) is 1.99. The van der Waals surface area contributed by atoms with Crippen LogP contribution in [0.4, 0.5) is 0 Å². The summed E-state index contributed by atoms with van der Waals surface area (Å²) >= 11 is 0. The van der Waals surface area contributed by atoms with Crippen LogP contribution in [0.15, 0.2) is 4.99 Å². The largest absolute Gasteiger partial charge is 0.363 e. The maximum atomic E-state index is 5.26. The van der Waals surface area contributed by atoms with Gasteiger partial charge in [0, 0.05) is 13.1 Å². The van der Waals surface area contributed by atoms with Gasteiger partial charge in [0.25, 0.3) is 0 Å². The molecule has 3 heteroatoms. The van der Waals surface area contributed by atoms with Crippen LogP contribution in [0.3, 0.4) is 0 Å². The Hall–Kier alpha value is -0.570. The molecule has 0 aromatic heterocycles. The van der Waals surface area contributed by atoms with E-state index in [1.54, 1.807) is 0 Å². The zero-order valence-electron chi connectivity index (χ0n) is 7.00. The standard InChI is InChI=1S/C8H17N3/c9-7-10-8-11-5-3-1-2-4-6-11/h8H,1-7,9H2/b10-8+. The van der Waals surface area contributed by atoms with Crippen LogP contribution in [-0.4, -0.2) is 31.0 Å². The fourth-order valence-corrected chi connectivity index (χ4v) is 1.37. The first-order valence-corrected chi connectivity index (χ1v) is 4.37. The first-order chi connectivity index (χ1) is 5.43. The number of nitrogens with zero attached hydrogens (tertiary/aromatic N) is 2. The fourth-order valence-electron chi connectivity index (χ4n) is 1.37. The zero-order valence-corrected chi connectivity index (χ0v) is 7.00. The molecule has 3 nitrogen and oxygen atoms in total. The molecule has 0 atom stereocenters. The number of rotatable bonds is 2. The molecule has 64 valence electrons. The summed E-state index contributed by atoms with van der Waals surface area (Å²) in [7, 11) is 0. The van der Waals surface area contributed by atoms with Gasteiger partial charge >= 0.3 is 0 Å². The summed E-state index contributed by atoms with van der Waals surface area (Å²) in [6, 6.07) is 0. The molecule has 0 aromatic rings. The minimum atomic E-state index is 0.413. The van der Waals surface area contributed by atoms with Gasteiger partial charge in [0.05, 0.1) is 13.0 Å². The van der Waals surface area contributed by atoms with Crippen LogP contribution in [0.25, 0.3) is 0 Å². The van der Waals surface area contributed by atoms with Crippen molar-refractivity contribution in [3.05, 3.63) is 0 Å². The van der Waals surface area contributed by atoms with Crippen molar-refractivity contribution in [2.24, 2.45) is 10.7 Å². The highest BCUT2D eigenvalue weighted by molar-refractivity contribution is 5.54. The minimum Gasteiger partial charge on any atom is -0.363 e. The van der Waals surface area contributed by atoms with Gasteiger partial charge in [0.2, 0.25) is 0 Å². The van der Waals surface area contributed by atoms with Crippen LogP contribution in [0, 0.1) is 0 Å².